The first kappa shape index (κ1) is 22.7. The van der Waals surface area contributed by atoms with Crippen LogP contribution in [0, 0.1) is 18.3 Å². The summed E-state index contributed by atoms with van der Waals surface area (Å²) in [4.78, 5) is 6.87. The van der Waals surface area contributed by atoms with Gasteiger partial charge in [0.1, 0.15) is 6.07 Å². The number of aliphatic hydroxyl groups excluding tert-OH is 1. The van der Waals surface area contributed by atoms with Gasteiger partial charge in [-0.15, -0.1) is 11.3 Å². The van der Waals surface area contributed by atoms with Crippen molar-refractivity contribution in [2.45, 2.75) is 13.5 Å². The number of aromatic nitrogens is 1. The van der Waals surface area contributed by atoms with Crippen LogP contribution in [0.25, 0.3) is 21.3 Å². The van der Waals surface area contributed by atoms with Gasteiger partial charge in [-0.1, -0.05) is 39.7 Å². The summed E-state index contributed by atoms with van der Waals surface area (Å²) in [5.41, 5.74) is 4.74. The molecule has 2 aromatic heterocycles. The molecule has 0 atom stereocenters. The first-order valence-electron chi connectivity index (χ1n) is 9.96. The molecule has 2 heterocycles. The van der Waals surface area contributed by atoms with E-state index < -0.39 is 0 Å². The van der Waals surface area contributed by atoms with E-state index >= 15 is 0 Å². The molecule has 0 aliphatic heterocycles. The van der Waals surface area contributed by atoms with Crippen molar-refractivity contribution in [3.05, 3.63) is 74.2 Å². The van der Waals surface area contributed by atoms with Gasteiger partial charge in [-0.25, -0.2) is 0 Å². The van der Waals surface area contributed by atoms with Crippen molar-refractivity contribution < 1.29 is 5.11 Å². The van der Waals surface area contributed by atoms with Crippen molar-refractivity contribution in [1.82, 2.24) is 10.3 Å². The minimum absolute atomic E-state index is 0.126. The Bertz CT molecular complexity index is 1310. The average molecular weight is 528 g/mol. The van der Waals surface area contributed by atoms with Gasteiger partial charge in [0.15, 0.2) is 0 Å². The zero-order valence-electron chi connectivity index (χ0n) is 17.2. The lowest BCUT2D eigenvalue weighted by Gasteiger charge is -2.15. The van der Waals surface area contributed by atoms with E-state index in [2.05, 4.69) is 49.7 Å². The number of nitrogens with one attached hydrogen (secondary N) is 2. The first-order valence-corrected chi connectivity index (χ1v) is 11.9. The summed E-state index contributed by atoms with van der Waals surface area (Å²) >= 11 is 11.6. The Kier molecular flexibility index (Phi) is 7.09. The summed E-state index contributed by atoms with van der Waals surface area (Å²) in [6.45, 7) is 3.40. The van der Waals surface area contributed by atoms with Crippen molar-refractivity contribution in [2.24, 2.45) is 0 Å². The van der Waals surface area contributed by atoms with Gasteiger partial charge < -0.3 is 15.7 Å². The van der Waals surface area contributed by atoms with Crippen LogP contribution in [0.3, 0.4) is 0 Å². The van der Waals surface area contributed by atoms with Gasteiger partial charge in [0.25, 0.3) is 0 Å². The van der Waals surface area contributed by atoms with Gasteiger partial charge in [0, 0.05) is 38.9 Å². The maximum Gasteiger partial charge on any atom is 0.103 e. The predicted octanol–water partition coefficient (Wildman–Crippen LogP) is 6.38. The number of rotatable bonds is 7. The zero-order chi connectivity index (χ0) is 22.7. The molecule has 4 rings (SSSR count). The summed E-state index contributed by atoms with van der Waals surface area (Å²) in [5.74, 6) is 0. The number of hydrogen-bond donors (Lipinski definition) is 3. The first-order chi connectivity index (χ1) is 15.5. The van der Waals surface area contributed by atoms with Crippen LogP contribution in [0.15, 0.2) is 53.1 Å². The molecule has 5 nitrogen and oxygen atoms in total. The van der Waals surface area contributed by atoms with E-state index in [4.69, 9.17) is 16.7 Å². The predicted molar refractivity (Wildman–Crippen MR) is 136 cm³/mol. The molecule has 0 amide bonds. The molecule has 0 radical (unpaired) electrons. The highest BCUT2D eigenvalue weighted by Crippen LogP contribution is 2.37. The van der Waals surface area contributed by atoms with Crippen molar-refractivity contribution in [2.75, 3.05) is 18.5 Å². The van der Waals surface area contributed by atoms with E-state index in [0.717, 1.165) is 43.6 Å². The molecule has 162 valence electrons. The molecule has 0 aliphatic carbocycles. The number of anilines is 2. The fourth-order valence-corrected chi connectivity index (χ4v) is 5.46. The van der Waals surface area contributed by atoms with Crippen molar-refractivity contribution in [1.29, 1.82) is 5.26 Å². The summed E-state index contributed by atoms with van der Waals surface area (Å²) < 4.78 is 0.900. The Balaban J connectivity index is 1.71. The summed E-state index contributed by atoms with van der Waals surface area (Å²) in [7, 11) is 0. The number of nitriles is 1. The Morgan fingerprint density at radius 3 is 2.78 bits per heavy atom. The number of hydrogen-bond acceptors (Lipinski definition) is 6. The number of aryl methyl sites for hydroxylation is 1. The molecule has 0 spiro atoms. The van der Waals surface area contributed by atoms with Crippen LogP contribution >= 0.6 is 38.9 Å². The SMILES string of the molecule is Cc1cc(Br)cc(Cl)c1Nc1c(C#N)cnc2cc(-c3ccc(CNCCO)s3)ccc12. The topological polar surface area (TPSA) is 81.0 Å². The number of thiophene rings is 1. The highest BCUT2D eigenvalue weighted by Gasteiger charge is 2.14. The Hall–Kier alpha value is -2.47. The highest BCUT2D eigenvalue weighted by atomic mass is 79.9. The zero-order valence-corrected chi connectivity index (χ0v) is 20.4. The summed E-state index contributed by atoms with van der Waals surface area (Å²) in [5, 5.41) is 26.6. The second kappa shape index (κ2) is 9.99. The molecule has 0 fully saturated rings. The molecule has 0 unspecified atom stereocenters. The highest BCUT2D eigenvalue weighted by molar-refractivity contribution is 9.10. The van der Waals surface area contributed by atoms with Gasteiger partial charge in [0.2, 0.25) is 0 Å². The molecule has 4 aromatic rings. The normalized spacial score (nSPS) is 11.0. The van der Waals surface area contributed by atoms with Crippen LogP contribution < -0.4 is 10.6 Å². The Labute approximate surface area is 203 Å². The largest absolute Gasteiger partial charge is 0.395 e. The minimum atomic E-state index is 0.126. The van der Waals surface area contributed by atoms with E-state index in [1.54, 1.807) is 17.5 Å². The molecule has 0 aliphatic rings. The number of benzene rings is 2. The third-order valence-electron chi connectivity index (χ3n) is 5.03. The van der Waals surface area contributed by atoms with Gasteiger partial charge in [-0.2, -0.15) is 5.26 Å². The smallest absolute Gasteiger partial charge is 0.103 e. The van der Waals surface area contributed by atoms with Crippen LogP contribution in [0.2, 0.25) is 5.02 Å². The van der Waals surface area contributed by atoms with Crippen LogP contribution in [-0.4, -0.2) is 23.2 Å². The molecular formula is C24H20BrClN4OS. The van der Waals surface area contributed by atoms with Crippen LogP contribution in [-0.2, 0) is 6.54 Å². The maximum absolute atomic E-state index is 9.67. The third kappa shape index (κ3) is 4.80. The maximum atomic E-state index is 9.67. The second-order valence-electron chi connectivity index (χ2n) is 7.26. The van der Waals surface area contributed by atoms with Gasteiger partial charge >= 0.3 is 0 Å². The van der Waals surface area contributed by atoms with E-state index in [9.17, 15) is 5.26 Å². The van der Waals surface area contributed by atoms with E-state index in [1.165, 1.54) is 4.88 Å². The molecule has 3 N–H and O–H groups in total. The molecule has 0 bridgehead atoms. The van der Waals surface area contributed by atoms with Gasteiger partial charge in [-0.3, -0.25) is 4.98 Å². The average Bonchev–Trinajstić information content (AvgIpc) is 3.25. The number of nitrogens with zero attached hydrogens (tertiary/aromatic N) is 2. The Morgan fingerprint density at radius 2 is 2.03 bits per heavy atom. The molecule has 32 heavy (non-hydrogen) atoms. The molecular weight excluding hydrogens is 508 g/mol. The van der Waals surface area contributed by atoms with Crippen LogP contribution in [0.5, 0.6) is 0 Å². The van der Waals surface area contributed by atoms with Crippen LogP contribution in [0.4, 0.5) is 11.4 Å². The minimum Gasteiger partial charge on any atom is -0.395 e. The van der Waals surface area contributed by atoms with Crippen molar-refractivity contribution in [3.63, 3.8) is 0 Å². The standard InChI is InChI=1S/C24H20BrClN4OS/c1-14-8-17(25)10-20(26)23(14)30-24-16(11-27)12-29-21-9-15(2-4-19(21)24)22-5-3-18(32-22)13-28-6-7-31/h2-5,8-10,12,28,31H,6-7,13H2,1H3,(H,29,30). The quantitative estimate of drug-likeness (QED) is 0.243. The van der Waals surface area contributed by atoms with Crippen molar-refractivity contribution >= 4 is 61.1 Å². The molecule has 0 saturated carbocycles. The number of fused-ring (bicyclic) bond motifs is 1. The lowest BCUT2D eigenvalue weighted by Crippen LogP contribution is -2.16. The number of aliphatic hydroxyl groups is 1. The third-order valence-corrected chi connectivity index (χ3v) is 6.92. The van der Waals surface area contributed by atoms with Gasteiger partial charge in [0.05, 0.1) is 34.1 Å². The number of pyridine rings is 1. The lowest BCUT2D eigenvalue weighted by atomic mass is 10.1. The molecule has 0 saturated heterocycles. The molecule has 8 heteroatoms. The molecule has 2 aromatic carbocycles. The van der Waals surface area contributed by atoms with Gasteiger partial charge in [-0.05, 0) is 48.4 Å². The number of halogens is 2. The fourth-order valence-electron chi connectivity index (χ4n) is 3.47. The monoisotopic (exact) mass is 526 g/mol. The van der Waals surface area contributed by atoms with E-state index in [-0.39, 0.29) is 6.61 Å². The summed E-state index contributed by atoms with van der Waals surface area (Å²) in [6, 6.07) is 16.3. The summed E-state index contributed by atoms with van der Waals surface area (Å²) in [6.07, 6.45) is 1.59. The fraction of sp³-hybridized carbons (Fsp3) is 0.167. The Morgan fingerprint density at radius 1 is 1.19 bits per heavy atom. The van der Waals surface area contributed by atoms with Crippen molar-refractivity contribution in [3.8, 4) is 16.5 Å². The van der Waals surface area contributed by atoms with E-state index in [1.807, 2.05) is 37.3 Å². The van der Waals surface area contributed by atoms with E-state index in [0.29, 0.717) is 22.8 Å². The lowest BCUT2D eigenvalue weighted by molar-refractivity contribution is 0.292. The second-order valence-corrected chi connectivity index (χ2v) is 9.75. The van der Waals surface area contributed by atoms with Crippen LogP contribution in [0.1, 0.15) is 16.0 Å².